The summed E-state index contributed by atoms with van der Waals surface area (Å²) in [5, 5.41) is 21.0. The molecule has 1 atom stereocenters. The normalized spacial score (nSPS) is 14.6. The molecule has 0 aliphatic rings. The van der Waals surface area contributed by atoms with E-state index in [1.807, 2.05) is 19.9 Å². The van der Waals surface area contributed by atoms with Gasteiger partial charge in [-0.15, -0.1) is 11.3 Å². The summed E-state index contributed by atoms with van der Waals surface area (Å²) in [6.45, 7) is 4.96. The van der Waals surface area contributed by atoms with Gasteiger partial charge in [-0.1, -0.05) is 0 Å². The lowest BCUT2D eigenvalue weighted by Crippen LogP contribution is -2.43. The second-order valence-electron chi connectivity index (χ2n) is 4.16. The molecule has 0 aliphatic carbocycles. The molecule has 5 heteroatoms. The molecule has 0 saturated heterocycles. The average Bonchev–Trinajstić information content (AvgIpc) is 2.54. The minimum Gasteiger partial charge on any atom is -0.393 e. The lowest BCUT2D eigenvalue weighted by Gasteiger charge is -2.20. The Bertz CT molecular complexity index is 385. The van der Waals surface area contributed by atoms with Crippen LogP contribution in [0.4, 0.5) is 0 Å². The number of aliphatic hydroxyl groups excluding tert-OH is 1. The van der Waals surface area contributed by atoms with Gasteiger partial charge in [0.25, 0.3) is 5.91 Å². The highest BCUT2D eigenvalue weighted by molar-refractivity contribution is 7.12. The highest BCUT2D eigenvalue weighted by Gasteiger charge is 2.21. The van der Waals surface area contributed by atoms with Crippen LogP contribution in [0.5, 0.6) is 0 Å². The van der Waals surface area contributed by atoms with Gasteiger partial charge in [0.2, 0.25) is 0 Å². The molecule has 1 aromatic heterocycles. The second kappa shape index (κ2) is 4.95. The van der Waals surface area contributed by atoms with Crippen LogP contribution in [0.3, 0.4) is 0 Å². The maximum atomic E-state index is 11.7. The Balaban J connectivity index is 2.63. The maximum absolute atomic E-state index is 11.7. The van der Waals surface area contributed by atoms with Crippen LogP contribution in [-0.4, -0.2) is 34.9 Å². The van der Waals surface area contributed by atoms with Gasteiger partial charge in [0, 0.05) is 16.3 Å². The van der Waals surface area contributed by atoms with Crippen LogP contribution in [0.2, 0.25) is 0 Å². The van der Waals surface area contributed by atoms with Gasteiger partial charge in [0.1, 0.15) is 5.60 Å². The smallest absolute Gasteiger partial charge is 0.252 e. The van der Waals surface area contributed by atoms with E-state index in [1.54, 1.807) is 11.3 Å². The van der Waals surface area contributed by atoms with Crippen LogP contribution in [0.1, 0.15) is 27.0 Å². The van der Waals surface area contributed by atoms with E-state index in [0.717, 1.165) is 9.75 Å². The van der Waals surface area contributed by atoms with E-state index in [0.29, 0.717) is 5.56 Å². The van der Waals surface area contributed by atoms with Crippen molar-refractivity contribution in [3.63, 3.8) is 0 Å². The number of nitrogens with one attached hydrogen (secondary N) is 1. The summed E-state index contributed by atoms with van der Waals surface area (Å²) in [5.74, 6) is -0.212. The van der Waals surface area contributed by atoms with Crippen molar-refractivity contribution in [2.75, 3.05) is 13.2 Å². The molecule has 0 aromatic carbocycles. The van der Waals surface area contributed by atoms with Crippen molar-refractivity contribution in [2.45, 2.75) is 26.4 Å². The number of carbonyl (C=O) groups is 1. The Morgan fingerprint density at radius 2 is 2.19 bits per heavy atom. The third-order valence-electron chi connectivity index (χ3n) is 2.26. The van der Waals surface area contributed by atoms with E-state index in [2.05, 4.69) is 5.32 Å². The zero-order chi connectivity index (χ0) is 12.3. The van der Waals surface area contributed by atoms with Crippen molar-refractivity contribution < 1.29 is 15.0 Å². The molecule has 0 bridgehead atoms. The number of hydrogen-bond acceptors (Lipinski definition) is 4. The SMILES string of the molecule is Cc1cc(C(=O)NCC(C)(O)CO)c(C)s1. The van der Waals surface area contributed by atoms with Crippen LogP contribution in [-0.2, 0) is 0 Å². The molecule has 4 nitrogen and oxygen atoms in total. The highest BCUT2D eigenvalue weighted by Crippen LogP contribution is 2.20. The Morgan fingerprint density at radius 1 is 1.56 bits per heavy atom. The predicted molar refractivity (Wildman–Crippen MR) is 63.8 cm³/mol. The van der Waals surface area contributed by atoms with Crippen molar-refractivity contribution in [3.05, 3.63) is 21.4 Å². The first-order valence-corrected chi connectivity index (χ1v) is 5.86. The first-order valence-electron chi connectivity index (χ1n) is 5.04. The lowest BCUT2D eigenvalue weighted by molar-refractivity contribution is 0.00320. The van der Waals surface area contributed by atoms with Gasteiger partial charge in [-0.3, -0.25) is 4.79 Å². The van der Waals surface area contributed by atoms with Gasteiger partial charge in [-0.05, 0) is 26.8 Å². The molecule has 1 unspecified atom stereocenters. The molecular formula is C11H17NO3S. The van der Waals surface area contributed by atoms with Crippen molar-refractivity contribution in [1.29, 1.82) is 0 Å². The van der Waals surface area contributed by atoms with E-state index in [9.17, 15) is 9.90 Å². The fourth-order valence-corrected chi connectivity index (χ4v) is 2.20. The van der Waals surface area contributed by atoms with E-state index >= 15 is 0 Å². The van der Waals surface area contributed by atoms with Crippen molar-refractivity contribution in [2.24, 2.45) is 0 Å². The average molecular weight is 243 g/mol. The quantitative estimate of drug-likeness (QED) is 0.734. The van der Waals surface area contributed by atoms with E-state index < -0.39 is 5.60 Å². The van der Waals surface area contributed by atoms with Crippen LogP contribution in [0.25, 0.3) is 0 Å². The van der Waals surface area contributed by atoms with Crippen molar-refractivity contribution >= 4 is 17.2 Å². The molecule has 90 valence electrons. The Labute approximate surface area is 98.9 Å². The molecule has 0 aliphatic heterocycles. The number of rotatable bonds is 4. The molecule has 1 aromatic rings. The summed E-state index contributed by atoms with van der Waals surface area (Å²) in [5.41, 5.74) is -0.634. The van der Waals surface area contributed by atoms with Gasteiger partial charge in [-0.2, -0.15) is 0 Å². The molecular weight excluding hydrogens is 226 g/mol. The zero-order valence-corrected chi connectivity index (χ0v) is 10.5. The number of carbonyl (C=O) groups excluding carboxylic acids is 1. The summed E-state index contributed by atoms with van der Waals surface area (Å²) < 4.78 is 0. The monoisotopic (exact) mass is 243 g/mol. The summed E-state index contributed by atoms with van der Waals surface area (Å²) in [6, 6.07) is 1.82. The van der Waals surface area contributed by atoms with Crippen LogP contribution in [0.15, 0.2) is 6.07 Å². The first kappa shape index (κ1) is 13.2. The molecule has 1 amide bonds. The standard InChI is InChI=1S/C11H17NO3S/c1-7-4-9(8(2)16-7)10(14)12-5-11(3,15)6-13/h4,13,15H,5-6H2,1-3H3,(H,12,14). The third kappa shape index (κ3) is 3.30. The number of amides is 1. The summed E-state index contributed by atoms with van der Waals surface area (Å²) in [6.07, 6.45) is 0. The predicted octanol–water partition coefficient (Wildman–Crippen LogP) is 0.838. The molecule has 1 rings (SSSR count). The van der Waals surface area contributed by atoms with Gasteiger partial charge >= 0.3 is 0 Å². The fraction of sp³-hybridized carbons (Fsp3) is 0.545. The topological polar surface area (TPSA) is 69.6 Å². The maximum Gasteiger partial charge on any atom is 0.252 e. The lowest BCUT2D eigenvalue weighted by atomic mass is 10.1. The largest absolute Gasteiger partial charge is 0.393 e. The minimum absolute atomic E-state index is 0.0384. The van der Waals surface area contributed by atoms with Crippen LogP contribution in [0, 0.1) is 13.8 Å². The van der Waals surface area contributed by atoms with Crippen LogP contribution >= 0.6 is 11.3 Å². The summed E-state index contributed by atoms with van der Waals surface area (Å²) in [4.78, 5) is 13.8. The molecule has 0 radical (unpaired) electrons. The van der Waals surface area contributed by atoms with Gasteiger partial charge in [0.15, 0.2) is 0 Å². The third-order valence-corrected chi connectivity index (χ3v) is 3.22. The van der Waals surface area contributed by atoms with Gasteiger partial charge < -0.3 is 15.5 Å². The van der Waals surface area contributed by atoms with Crippen molar-refractivity contribution in [3.8, 4) is 0 Å². The Hall–Kier alpha value is -0.910. The second-order valence-corrected chi connectivity index (χ2v) is 5.63. The van der Waals surface area contributed by atoms with E-state index in [-0.39, 0.29) is 19.1 Å². The molecule has 0 spiro atoms. The number of thiophene rings is 1. The molecule has 0 fully saturated rings. The van der Waals surface area contributed by atoms with Gasteiger partial charge in [-0.25, -0.2) is 0 Å². The van der Waals surface area contributed by atoms with Gasteiger partial charge in [0.05, 0.1) is 12.2 Å². The number of aryl methyl sites for hydroxylation is 2. The molecule has 1 heterocycles. The Morgan fingerprint density at radius 3 is 2.62 bits per heavy atom. The van der Waals surface area contributed by atoms with Crippen molar-refractivity contribution in [1.82, 2.24) is 5.32 Å². The Kier molecular flexibility index (Phi) is 4.07. The number of hydrogen-bond donors (Lipinski definition) is 3. The fourth-order valence-electron chi connectivity index (χ4n) is 1.28. The summed E-state index contributed by atoms with van der Waals surface area (Å²) >= 11 is 1.56. The number of aliphatic hydroxyl groups is 2. The van der Waals surface area contributed by atoms with E-state index in [4.69, 9.17) is 5.11 Å². The molecule has 16 heavy (non-hydrogen) atoms. The van der Waals surface area contributed by atoms with Crippen LogP contribution < -0.4 is 5.32 Å². The first-order chi connectivity index (χ1) is 7.35. The zero-order valence-electron chi connectivity index (χ0n) is 9.70. The molecule has 0 saturated carbocycles. The van der Waals surface area contributed by atoms with E-state index in [1.165, 1.54) is 6.92 Å². The highest BCUT2D eigenvalue weighted by atomic mass is 32.1. The molecule has 3 N–H and O–H groups in total. The minimum atomic E-state index is -1.27. The summed E-state index contributed by atoms with van der Waals surface area (Å²) in [7, 11) is 0.